The molecule has 2 heteroatoms. The SMILES string of the molecule is C=C1CCC[C@]2(C)C[C@H]3OC(=O)/C(=C/CC)[C@H]3C[C@@H]12. The first-order chi connectivity index (χ1) is 9.05. The summed E-state index contributed by atoms with van der Waals surface area (Å²) in [6.45, 7) is 8.75. The van der Waals surface area contributed by atoms with E-state index in [1.807, 2.05) is 0 Å². The van der Waals surface area contributed by atoms with Gasteiger partial charge in [0.2, 0.25) is 0 Å². The molecule has 1 aliphatic heterocycles. The number of esters is 1. The highest BCUT2D eigenvalue weighted by Crippen LogP contribution is 2.56. The fraction of sp³-hybridized carbons (Fsp3) is 0.706. The largest absolute Gasteiger partial charge is 0.458 e. The maximum atomic E-state index is 12.0. The van der Waals surface area contributed by atoms with Crippen LogP contribution in [0.25, 0.3) is 0 Å². The smallest absolute Gasteiger partial charge is 0.334 e. The van der Waals surface area contributed by atoms with Crippen molar-refractivity contribution in [3.05, 3.63) is 23.8 Å². The first-order valence-corrected chi connectivity index (χ1v) is 7.64. The Morgan fingerprint density at radius 1 is 1.53 bits per heavy atom. The van der Waals surface area contributed by atoms with Crippen molar-refractivity contribution in [1.82, 2.24) is 0 Å². The van der Waals surface area contributed by atoms with Gasteiger partial charge in [-0.05, 0) is 49.9 Å². The Labute approximate surface area is 115 Å². The molecule has 0 aromatic carbocycles. The van der Waals surface area contributed by atoms with Gasteiger partial charge in [0.1, 0.15) is 6.10 Å². The Morgan fingerprint density at radius 2 is 2.32 bits per heavy atom. The van der Waals surface area contributed by atoms with E-state index in [4.69, 9.17) is 4.74 Å². The molecule has 104 valence electrons. The number of allylic oxidation sites excluding steroid dienone is 2. The van der Waals surface area contributed by atoms with Crippen LogP contribution in [0.3, 0.4) is 0 Å². The maximum Gasteiger partial charge on any atom is 0.334 e. The van der Waals surface area contributed by atoms with Crippen LogP contribution >= 0.6 is 0 Å². The van der Waals surface area contributed by atoms with Gasteiger partial charge in [0, 0.05) is 11.5 Å². The van der Waals surface area contributed by atoms with Crippen molar-refractivity contribution >= 4 is 5.97 Å². The van der Waals surface area contributed by atoms with Crippen LogP contribution in [0.1, 0.15) is 52.4 Å². The number of carbonyl (C=O) groups is 1. The summed E-state index contributed by atoms with van der Waals surface area (Å²) in [5.41, 5.74) is 2.65. The summed E-state index contributed by atoms with van der Waals surface area (Å²) >= 11 is 0. The predicted octanol–water partition coefficient (Wildman–Crippen LogP) is 4.02. The van der Waals surface area contributed by atoms with Crippen LogP contribution in [0.15, 0.2) is 23.8 Å². The molecule has 1 saturated heterocycles. The Bertz CT molecular complexity index is 448. The second kappa shape index (κ2) is 4.50. The van der Waals surface area contributed by atoms with E-state index < -0.39 is 0 Å². The van der Waals surface area contributed by atoms with E-state index in [1.165, 1.54) is 24.8 Å². The molecule has 3 fully saturated rings. The molecule has 0 bridgehead atoms. The molecule has 3 rings (SSSR count). The third-order valence-corrected chi connectivity index (χ3v) is 5.50. The van der Waals surface area contributed by atoms with Crippen molar-refractivity contribution in [1.29, 1.82) is 0 Å². The highest BCUT2D eigenvalue weighted by Gasteiger charge is 2.52. The van der Waals surface area contributed by atoms with Crippen molar-refractivity contribution in [2.45, 2.75) is 58.5 Å². The zero-order chi connectivity index (χ0) is 13.6. The topological polar surface area (TPSA) is 26.3 Å². The minimum absolute atomic E-state index is 0.0651. The van der Waals surface area contributed by atoms with Crippen LogP contribution < -0.4 is 0 Å². The molecule has 0 spiro atoms. The third kappa shape index (κ3) is 1.96. The first kappa shape index (κ1) is 13.0. The molecule has 1 heterocycles. The summed E-state index contributed by atoms with van der Waals surface area (Å²) in [6, 6.07) is 0. The lowest BCUT2D eigenvalue weighted by atomic mass is 9.56. The second-order valence-corrected chi connectivity index (χ2v) is 6.78. The molecular formula is C17H24O2. The average molecular weight is 260 g/mol. The summed E-state index contributed by atoms with van der Waals surface area (Å²) in [7, 11) is 0. The Hall–Kier alpha value is -1.05. The Balaban J connectivity index is 1.90. The molecule has 2 aliphatic carbocycles. The van der Waals surface area contributed by atoms with Gasteiger partial charge in [0.25, 0.3) is 0 Å². The summed E-state index contributed by atoms with van der Waals surface area (Å²) in [5.74, 6) is 0.836. The number of carbonyl (C=O) groups excluding carboxylic acids is 1. The molecule has 3 aliphatic rings. The van der Waals surface area contributed by atoms with E-state index in [0.717, 1.165) is 24.8 Å². The monoisotopic (exact) mass is 260 g/mol. The molecule has 0 unspecified atom stereocenters. The fourth-order valence-corrected chi connectivity index (χ4v) is 4.53. The molecule has 2 saturated carbocycles. The van der Waals surface area contributed by atoms with Crippen molar-refractivity contribution in [2.75, 3.05) is 0 Å². The fourth-order valence-electron chi connectivity index (χ4n) is 4.53. The third-order valence-electron chi connectivity index (χ3n) is 5.50. The van der Waals surface area contributed by atoms with Crippen LogP contribution in [-0.4, -0.2) is 12.1 Å². The van der Waals surface area contributed by atoms with Crippen molar-refractivity contribution in [3.63, 3.8) is 0 Å². The molecule has 0 N–H and O–H groups in total. The second-order valence-electron chi connectivity index (χ2n) is 6.78. The average Bonchev–Trinajstić information content (AvgIpc) is 2.63. The standard InChI is InChI=1S/C17H24O2/c1-4-6-12-13-9-14-11(2)7-5-8-17(14,3)10-15(13)19-16(12)18/h6,13-15H,2,4-5,7-10H2,1,3H3/b12-6+/t13-,14+,15-,17-/m1/s1. The van der Waals surface area contributed by atoms with Gasteiger partial charge in [-0.15, -0.1) is 0 Å². The lowest BCUT2D eigenvalue weighted by molar-refractivity contribution is -0.142. The number of hydrogen-bond donors (Lipinski definition) is 0. The highest BCUT2D eigenvalue weighted by molar-refractivity contribution is 5.91. The van der Waals surface area contributed by atoms with E-state index in [9.17, 15) is 4.79 Å². The van der Waals surface area contributed by atoms with Gasteiger partial charge in [-0.1, -0.05) is 32.1 Å². The molecule has 4 atom stereocenters. The summed E-state index contributed by atoms with van der Waals surface area (Å²) in [4.78, 5) is 12.0. The molecule has 19 heavy (non-hydrogen) atoms. The van der Waals surface area contributed by atoms with Gasteiger partial charge in [0.15, 0.2) is 0 Å². The number of hydrogen-bond acceptors (Lipinski definition) is 2. The minimum Gasteiger partial charge on any atom is -0.458 e. The lowest BCUT2D eigenvalue weighted by Crippen LogP contribution is -2.43. The summed E-state index contributed by atoms with van der Waals surface area (Å²) in [6.07, 6.45) is 8.86. The van der Waals surface area contributed by atoms with Gasteiger partial charge >= 0.3 is 5.97 Å². The van der Waals surface area contributed by atoms with Crippen molar-refractivity contribution in [3.8, 4) is 0 Å². The molecule has 0 radical (unpaired) electrons. The number of fused-ring (bicyclic) bond motifs is 2. The minimum atomic E-state index is -0.0651. The molecule has 0 aromatic heterocycles. The number of ether oxygens (including phenoxy) is 1. The van der Waals surface area contributed by atoms with Crippen molar-refractivity contribution < 1.29 is 9.53 Å². The van der Waals surface area contributed by atoms with Crippen LogP contribution in [0, 0.1) is 17.3 Å². The van der Waals surface area contributed by atoms with Gasteiger partial charge in [-0.2, -0.15) is 0 Å². The normalized spacial score (nSPS) is 43.9. The number of rotatable bonds is 1. The van der Waals surface area contributed by atoms with Crippen molar-refractivity contribution in [2.24, 2.45) is 17.3 Å². The first-order valence-electron chi connectivity index (χ1n) is 7.64. The van der Waals surface area contributed by atoms with Crippen LogP contribution in [-0.2, 0) is 9.53 Å². The quantitative estimate of drug-likeness (QED) is 0.404. The van der Waals surface area contributed by atoms with E-state index in [-0.39, 0.29) is 12.1 Å². The molecular weight excluding hydrogens is 236 g/mol. The van der Waals surface area contributed by atoms with Gasteiger partial charge in [-0.3, -0.25) is 0 Å². The predicted molar refractivity (Wildman–Crippen MR) is 75.6 cm³/mol. The van der Waals surface area contributed by atoms with E-state index in [0.29, 0.717) is 17.3 Å². The zero-order valence-corrected chi connectivity index (χ0v) is 12.1. The van der Waals surface area contributed by atoms with E-state index in [1.54, 1.807) is 0 Å². The van der Waals surface area contributed by atoms with Gasteiger partial charge < -0.3 is 4.74 Å². The summed E-state index contributed by atoms with van der Waals surface area (Å²) < 4.78 is 5.64. The van der Waals surface area contributed by atoms with Crippen LogP contribution in [0.5, 0.6) is 0 Å². The maximum absolute atomic E-state index is 12.0. The highest BCUT2D eigenvalue weighted by atomic mass is 16.6. The van der Waals surface area contributed by atoms with E-state index in [2.05, 4.69) is 26.5 Å². The van der Waals surface area contributed by atoms with Crippen LogP contribution in [0.4, 0.5) is 0 Å². The van der Waals surface area contributed by atoms with Crippen LogP contribution in [0.2, 0.25) is 0 Å². The lowest BCUT2D eigenvalue weighted by Gasteiger charge is -2.49. The molecule has 2 nitrogen and oxygen atoms in total. The molecule has 0 aromatic rings. The van der Waals surface area contributed by atoms with Gasteiger partial charge in [0.05, 0.1) is 0 Å². The molecule has 0 amide bonds. The van der Waals surface area contributed by atoms with E-state index >= 15 is 0 Å². The zero-order valence-electron chi connectivity index (χ0n) is 12.1. The Kier molecular flexibility index (Phi) is 3.07. The summed E-state index contributed by atoms with van der Waals surface area (Å²) in [5, 5.41) is 0. The van der Waals surface area contributed by atoms with Gasteiger partial charge in [-0.25, -0.2) is 4.79 Å². The Morgan fingerprint density at radius 3 is 3.05 bits per heavy atom.